The van der Waals surface area contributed by atoms with Gasteiger partial charge in [-0.3, -0.25) is 9.69 Å². The number of halogens is 2. The van der Waals surface area contributed by atoms with E-state index in [2.05, 4.69) is 15.5 Å². The van der Waals surface area contributed by atoms with Gasteiger partial charge in [0, 0.05) is 62.1 Å². The molecule has 26 heavy (non-hydrogen) atoms. The Morgan fingerprint density at radius 1 is 1.19 bits per heavy atom. The average molecular weight is 428 g/mol. The minimum absolute atomic E-state index is 0. The lowest BCUT2D eigenvalue weighted by atomic mass is 9.73. The van der Waals surface area contributed by atoms with Crippen molar-refractivity contribution in [3.63, 3.8) is 0 Å². The van der Waals surface area contributed by atoms with Crippen molar-refractivity contribution < 1.29 is 9.53 Å². The van der Waals surface area contributed by atoms with Crippen LogP contribution in [0.2, 0.25) is 0 Å². The molecule has 0 bridgehead atoms. The van der Waals surface area contributed by atoms with E-state index in [-0.39, 0.29) is 36.1 Å². The quantitative estimate of drug-likeness (QED) is 0.680. The van der Waals surface area contributed by atoms with Crippen LogP contribution in [0.15, 0.2) is 0 Å². The summed E-state index contributed by atoms with van der Waals surface area (Å²) in [6.07, 6.45) is 7.09. The SMILES string of the molecule is Cl.Cl.O=C(CC1CSCCN1)NCC1(CN2CCOCC2)CCCCC1. The summed E-state index contributed by atoms with van der Waals surface area (Å²) in [7, 11) is 0. The lowest BCUT2D eigenvalue weighted by molar-refractivity contribution is -0.122. The van der Waals surface area contributed by atoms with E-state index in [4.69, 9.17) is 4.74 Å². The molecule has 2 aliphatic heterocycles. The molecule has 2 saturated heterocycles. The van der Waals surface area contributed by atoms with Gasteiger partial charge in [-0.05, 0) is 12.8 Å². The smallest absolute Gasteiger partial charge is 0.221 e. The van der Waals surface area contributed by atoms with Crippen LogP contribution in [-0.2, 0) is 9.53 Å². The van der Waals surface area contributed by atoms with Crippen LogP contribution >= 0.6 is 36.6 Å². The van der Waals surface area contributed by atoms with Crippen molar-refractivity contribution in [1.29, 1.82) is 0 Å². The monoisotopic (exact) mass is 427 g/mol. The third-order valence-corrected chi connectivity index (χ3v) is 6.80. The number of hydrogen-bond acceptors (Lipinski definition) is 5. The fraction of sp³-hybridized carbons (Fsp3) is 0.944. The van der Waals surface area contributed by atoms with Gasteiger partial charge in [0.15, 0.2) is 0 Å². The number of thioether (sulfide) groups is 1. The lowest BCUT2D eigenvalue weighted by Gasteiger charge is -2.42. The molecular formula is C18H35Cl2N3O2S. The molecule has 3 rings (SSSR count). The third-order valence-electron chi connectivity index (χ3n) is 5.67. The van der Waals surface area contributed by atoms with E-state index < -0.39 is 0 Å². The number of carbonyl (C=O) groups is 1. The number of carbonyl (C=O) groups excluding carboxylic acids is 1. The number of nitrogens with zero attached hydrogens (tertiary/aromatic N) is 1. The van der Waals surface area contributed by atoms with E-state index in [1.807, 2.05) is 11.8 Å². The van der Waals surface area contributed by atoms with Crippen molar-refractivity contribution in [3.05, 3.63) is 0 Å². The third kappa shape index (κ3) is 7.72. The Kier molecular flexibility index (Phi) is 11.9. The topological polar surface area (TPSA) is 53.6 Å². The fourth-order valence-electron chi connectivity index (χ4n) is 4.26. The Morgan fingerprint density at radius 2 is 1.92 bits per heavy atom. The Morgan fingerprint density at radius 3 is 2.58 bits per heavy atom. The van der Waals surface area contributed by atoms with Gasteiger partial charge in [0.2, 0.25) is 5.91 Å². The Bertz CT molecular complexity index is 400. The molecule has 2 heterocycles. The van der Waals surface area contributed by atoms with Crippen LogP contribution in [0.5, 0.6) is 0 Å². The number of nitrogens with one attached hydrogen (secondary N) is 2. The van der Waals surface area contributed by atoms with Crippen molar-refractivity contribution in [2.24, 2.45) is 5.41 Å². The van der Waals surface area contributed by atoms with Gasteiger partial charge in [-0.25, -0.2) is 0 Å². The first-order valence-electron chi connectivity index (χ1n) is 9.64. The molecule has 1 saturated carbocycles. The zero-order chi connectivity index (χ0) is 16.7. The summed E-state index contributed by atoms with van der Waals surface area (Å²) in [6, 6.07) is 0.352. The number of morpholine rings is 1. The molecule has 5 nitrogen and oxygen atoms in total. The molecule has 0 aromatic carbocycles. The maximum atomic E-state index is 12.4. The van der Waals surface area contributed by atoms with Crippen molar-refractivity contribution in [1.82, 2.24) is 15.5 Å². The highest BCUT2D eigenvalue weighted by molar-refractivity contribution is 7.99. The molecule has 3 aliphatic rings. The van der Waals surface area contributed by atoms with E-state index in [1.54, 1.807) is 0 Å². The van der Waals surface area contributed by atoms with Gasteiger partial charge < -0.3 is 15.4 Å². The second kappa shape index (κ2) is 12.7. The summed E-state index contributed by atoms with van der Waals surface area (Å²) in [5, 5.41) is 6.74. The van der Waals surface area contributed by atoms with Crippen molar-refractivity contribution >= 4 is 42.5 Å². The van der Waals surface area contributed by atoms with E-state index in [9.17, 15) is 4.79 Å². The number of amides is 1. The molecule has 8 heteroatoms. The molecule has 1 unspecified atom stereocenters. The molecule has 0 radical (unpaired) electrons. The van der Waals surface area contributed by atoms with Crippen LogP contribution in [0.3, 0.4) is 0 Å². The first-order valence-corrected chi connectivity index (χ1v) is 10.8. The standard InChI is InChI=1S/C18H33N3O2S.2ClH/c22-17(12-16-13-24-11-6-19-16)20-14-18(4-2-1-3-5-18)15-21-7-9-23-10-8-21;;/h16,19H,1-15H2,(H,20,22);2*1H. The van der Waals surface area contributed by atoms with Crippen molar-refractivity contribution in [3.8, 4) is 0 Å². The predicted molar refractivity (Wildman–Crippen MR) is 114 cm³/mol. The van der Waals surface area contributed by atoms with Crippen molar-refractivity contribution in [2.45, 2.75) is 44.6 Å². The first-order chi connectivity index (χ1) is 11.8. The second-order valence-corrected chi connectivity index (χ2v) is 8.81. The van der Waals surface area contributed by atoms with Crippen LogP contribution in [-0.4, -0.2) is 74.3 Å². The minimum atomic E-state index is 0. The molecule has 1 atom stereocenters. The summed E-state index contributed by atoms with van der Waals surface area (Å²) in [6.45, 7) is 6.79. The largest absolute Gasteiger partial charge is 0.379 e. The number of ether oxygens (including phenoxy) is 1. The lowest BCUT2D eigenvalue weighted by Crippen LogP contribution is -2.50. The average Bonchev–Trinajstić information content (AvgIpc) is 2.63. The van der Waals surface area contributed by atoms with Crippen LogP contribution in [0.25, 0.3) is 0 Å². The summed E-state index contributed by atoms with van der Waals surface area (Å²) < 4.78 is 5.48. The summed E-state index contributed by atoms with van der Waals surface area (Å²) in [5.41, 5.74) is 0.278. The number of rotatable bonds is 6. The highest BCUT2D eigenvalue weighted by Crippen LogP contribution is 2.36. The van der Waals surface area contributed by atoms with Crippen LogP contribution in [0, 0.1) is 5.41 Å². The normalized spacial score (nSPS) is 26.2. The number of hydrogen-bond donors (Lipinski definition) is 2. The Hall–Kier alpha value is 0.280. The van der Waals surface area contributed by atoms with Crippen molar-refractivity contribution in [2.75, 3.05) is 57.4 Å². The van der Waals surface area contributed by atoms with Gasteiger partial charge in [-0.2, -0.15) is 11.8 Å². The van der Waals surface area contributed by atoms with Gasteiger partial charge >= 0.3 is 0 Å². The van der Waals surface area contributed by atoms with Crippen LogP contribution in [0.4, 0.5) is 0 Å². The van der Waals surface area contributed by atoms with Crippen LogP contribution in [0.1, 0.15) is 38.5 Å². The molecule has 0 aromatic rings. The predicted octanol–water partition coefficient (Wildman–Crippen LogP) is 2.32. The van der Waals surface area contributed by atoms with Gasteiger partial charge in [0.25, 0.3) is 0 Å². The minimum Gasteiger partial charge on any atom is -0.379 e. The molecular weight excluding hydrogens is 393 g/mol. The maximum absolute atomic E-state index is 12.4. The zero-order valence-corrected chi connectivity index (χ0v) is 18.1. The summed E-state index contributed by atoms with van der Waals surface area (Å²) in [4.78, 5) is 14.9. The Labute approximate surface area is 174 Å². The van der Waals surface area contributed by atoms with E-state index in [0.29, 0.717) is 12.5 Å². The molecule has 0 spiro atoms. The second-order valence-electron chi connectivity index (χ2n) is 7.66. The summed E-state index contributed by atoms with van der Waals surface area (Å²) >= 11 is 1.95. The Balaban J connectivity index is 0.00000169. The maximum Gasteiger partial charge on any atom is 0.221 e. The highest BCUT2D eigenvalue weighted by atomic mass is 35.5. The van der Waals surface area contributed by atoms with Crippen LogP contribution < -0.4 is 10.6 Å². The first kappa shape index (κ1) is 24.3. The van der Waals surface area contributed by atoms with E-state index >= 15 is 0 Å². The van der Waals surface area contributed by atoms with E-state index in [0.717, 1.165) is 51.7 Å². The molecule has 0 aromatic heterocycles. The molecule has 1 aliphatic carbocycles. The molecule has 154 valence electrons. The van der Waals surface area contributed by atoms with Gasteiger partial charge in [-0.1, -0.05) is 19.3 Å². The zero-order valence-electron chi connectivity index (χ0n) is 15.7. The van der Waals surface area contributed by atoms with Gasteiger partial charge in [0.1, 0.15) is 0 Å². The fourth-order valence-corrected chi connectivity index (χ4v) is 5.21. The molecule has 3 fully saturated rings. The van der Waals surface area contributed by atoms with Gasteiger partial charge in [-0.15, -0.1) is 24.8 Å². The molecule has 2 N–H and O–H groups in total. The molecule has 1 amide bonds. The highest BCUT2D eigenvalue weighted by Gasteiger charge is 2.34. The summed E-state index contributed by atoms with van der Waals surface area (Å²) in [5.74, 6) is 2.45. The van der Waals surface area contributed by atoms with Gasteiger partial charge in [0.05, 0.1) is 13.2 Å². The van der Waals surface area contributed by atoms with E-state index in [1.165, 1.54) is 37.9 Å².